The Morgan fingerprint density at radius 1 is 1.44 bits per heavy atom. The van der Waals surface area contributed by atoms with Crippen LogP contribution in [0, 0.1) is 0 Å². The van der Waals surface area contributed by atoms with Crippen LogP contribution in [0.5, 0.6) is 0 Å². The monoisotopic (exact) mass is 246 g/mol. The van der Waals surface area contributed by atoms with Crippen LogP contribution in [0.15, 0.2) is 46.3 Å². The number of nitrogens with one attached hydrogen (secondary N) is 1. The van der Waals surface area contributed by atoms with Gasteiger partial charge in [-0.3, -0.25) is 4.79 Å². The fraction of sp³-hybridized carbons (Fsp3) is 0. The fourth-order valence-corrected chi connectivity index (χ4v) is 1.34. The van der Waals surface area contributed by atoms with Crippen molar-refractivity contribution in [1.29, 1.82) is 0 Å². The van der Waals surface area contributed by atoms with Crippen LogP contribution in [0.2, 0.25) is 0 Å². The Morgan fingerprint density at radius 3 is 2.94 bits per heavy atom. The Bertz CT molecular complexity index is 578. The van der Waals surface area contributed by atoms with Gasteiger partial charge in [0.1, 0.15) is 6.26 Å². The molecule has 2 aromatic rings. The summed E-state index contributed by atoms with van der Waals surface area (Å²) in [5.74, 6) is -0.437. The summed E-state index contributed by atoms with van der Waals surface area (Å²) in [7, 11) is 0. The van der Waals surface area contributed by atoms with Gasteiger partial charge >= 0.3 is 0 Å². The van der Waals surface area contributed by atoms with Crippen LogP contribution in [-0.4, -0.2) is 22.1 Å². The lowest BCUT2D eigenvalue weighted by Crippen LogP contribution is -2.15. The molecule has 1 amide bonds. The number of carbonyl (C=O) groups is 1. The van der Waals surface area contributed by atoms with Crippen LogP contribution in [0.4, 0.5) is 5.69 Å². The van der Waals surface area contributed by atoms with Gasteiger partial charge in [0.2, 0.25) is 0 Å². The molecule has 92 valence electrons. The van der Waals surface area contributed by atoms with E-state index < -0.39 is 5.91 Å². The first-order valence-corrected chi connectivity index (χ1v) is 5.00. The Hall–Kier alpha value is -2.83. The minimum atomic E-state index is -0.402. The smallest absolute Gasteiger partial charge is 0.277 e. The zero-order valence-electron chi connectivity index (χ0n) is 9.20. The van der Waals surface area contributed by atoms with Crippen molar-refractivity contribution in [3.8, 4) is 0 Å². The second-order valence-corrected chi connectivity index (χ2v) is 3.40. The first-order chi connectivity index (χ1) is 8.70. The van der Waals surface area contributed by atoms with E-state index in [-0.39, 0.29) is 11.5 Å². The van der Waals surface area contributed by atoms with E-state index in [0.29, 0.717) is 11.3 Å². The number of carbonyl (C=O) groups excluding carboxylic acids is 1. The molecule has 1 heterocycles. The highest BCUT2D eigenvalue weighted by molar-refractivity contribution is 6.04. The summed E-state index contributed by atoms with van der Waals surface area (Å²) in [6.07, 6.45) is 1.31. The van der Waals surface area contributed by atoms with Gasteiger partial charge in [-0.1, -0.05) is 22.4 Å². The number of amidine groups is 1. The highest BCUT2D eigenvalue weighted by atomic mass is 16.5. The van der Waals surface area contributed by atoms with Crippen molar-refractivity contribution in [2.75, 3.05) is 5.32 Å². The van der Waals surface area contributed by atoms with Crippen LogP contribution in [0.1, 0.15) is 16.1 Å². The van der Waals surface area contributed by atoms with Gasteiger partial charge in [-0.15, -0.1) is 0 Å². The molecular weight excluding hydrogens is 236 g/mol. The highest BCUT2D eigenvalue weighted by Gasteiger charge is 2.09. The van der Waals surface area contributed by atoms with Gasteiger partial charge in [-0.2, -0.15) is 0 Å². The molecule has 0 unspecified atom stereocenters. The van der Waals surface area contributed by atoms with E-state index in [0.717, 1.165) is 0 Å². The number of amides is 1. The molecular formula is C11H10N4O3. The van der Waals surface area contributed by atoms with Crippen LogP contribution < -0.4 is 11.1 Å². The van der Waals surface area contributed by atoms with E-state index in [4.69, 9.17) is 10.9 Å². The molecule has 0 atom stereocenters. The quantitative estimate of drug-likeness (QED) is 0.324. The zero-order chi connectivity index (χ0) is 13.0. The van der Waals surface area contributed by atoms with Gasteiger partial charge in [0, 0.05) is 17.3 Å². The van der Waals surface area contributed by atoms with Crippen molar-refractivity contribution in [2.24, 2.45) is 10.9 Å². The van der Waals surface area contributed by atoms with E-state index >= 15 is 0 Å². The van der Waals surface area contributed by atoms with E-state index in [9.17, 15) is 4.79 Å². The molecule has 0 saturated heterocycles. The fourth-order valence-electron chi connectivity index (χ4n) is 1.34. The molecule has 7 heteroatoms. The van der Waals surface area contributed by atoms with Gasteiger partial charge in [0.25, 0.3) is 5.91 Å². The van der Waals surface area contributed by atoms with Crippen molar-refractivity contribution >= 4 is 17.4 Å². The predicted molar refractivity (Wildman–Crippen MR) is 63.4 cm³/mol. The molecule has 0 bridgehead atoms. The molecule has 0 aliphatic rings. The summed E-state index contributed by atoms with van der Waals surface area (Å²) in [6.45, 7) is 0. The van der Waals surface area contributed by atoms with Crippen molar-refractivity contribution in [3.05, 3.63) is 47.9 Å². The predicted octanol–water partition coefficient (Wildman–Crippen LogP) is 1.02. The second kappa shape index (κ2) is 5.00. The average Bonchev–Trinajstić information content (AvgIpc) is 2.92. The lowest BCUT2D eigenvalue weighted by molar-refractivity contribution is 0.101. The highest BCUT2D eigenvalue weighted by Crippen LogP contribution is 2.11. The molecule has 0 spiro atoms. The Kier molecular flexibility index (Phi) is 3.24. The minimum Gasteiger partial charge on any atom is -0.409 e. The third-order valence-electron chi connectivity index (χ3n) is 2.19. The summed E-state index contributed by atoms with van der Waals surface area (Å²) < 4.78 is 4.57. The number of aromatic nitrogens is 1. The number of anilines is 1. The molecule has 0 radical (unpaired) electrons. The Morgan fingerprint density at radius 2 is 2.28 bits per heavy atom. The number of nitrogens with two attached hydrogens (primary N) is 1. The first-order valence-electron chi connectivity index (χ1n) is 5.00. The molecule has 0 aliphatic heterocycles. The van der Waals surface area contributed by atoms with Crippen LogP contribution in [0.3, 0.4) is 0 Å². The van der Waals surface area contributed by atoms with Crippen LogP contribution >= 0.6 is 0 Å². The number of nitrogens with zero attached hydrogens (tertiary/aromatic N) is 2. The largest absolute Gasteiger partial charge is 0.409 e. The maximum atomic E-state index is 11.7. The Balaban J connectivity index is 2.17. The van der Waals surface area contributed by atoms with Gasteiger partial charge in [-0.05, 0) is 12.1 Å². The molecule has 18 heavy (non-hydrogen) atoms. The first kappa shape index (κ1) is 11.6. The van der Waals surface area contributed by atoms with Gasteiger partial charge in [-0.25, -0.2) is 0 Å². The van der Waals surface area contributed by atoms with Gasteiger partial charge < -0.3 is 20.8 Å². The van der Waals surface area contributed by atoms with Crippen molar-refractivity contribution < 1.29 is 14.5 Å². The summed E-state index contributed by atoms with van der Waals surface area (Å²) >= 11 is 0. The maximum Gasteiger partial charge on any atom is 0.277 e. The van der Waals surface area contributed by atoms with Crippen LogP contribution in [0.25, 0.3) is 0 Å². The summed E-state index contributed by atoms with van der Waals surface area (Å²) in [5.41, 5.74) is 6.62. The molecule has 0 saturated carbocycles. The summed E-state index contributed by atoms with van der Waals surface area (Å²) in [5, 5.41) is 17.6. The number of oxime groups is 1. The minimum absolute atomic E-state index is 0.0347. The molecule has 0 fully saturated rings. The number of benzene rings is 1. The number of hydrogen-bond donors (Lipinski definition) is 3. The van der Waals surface area contributed by atoms with Gasteiger partial charge in [0.15, 0.2) is 11.5 Å². The molecule has 1 aromatic heterocycles. The van der Waals surface area contributed by atoms with Crippen molar-refractivity contribution in [1.82, 2.24) is 5.16 Å². The Labute approximate surface area is 102 Å². The van der Waals surface area contributed by atoms with E-state index in [2.05, 4.69) is 20.2 Å². The lowest BCUT2D eigenvalue weighted by atomic mass is 10.2. The third kappa shape index (κ3) is 2.46. The van der Waals surface area contributed by atoms with Gasteiger partial charge in [0.05, 0.1) is 0 Å². The lowest BCUT2D eigenvalue weighted by Gasteiger charge is -2.04. The molecule has 1 aromatic carbocycles. The SMILES string of the molecule is NC(=NO)c1cccc(NC(=O)c2ccon2)c1. The number of rotatable bonds is 3. The maximum absolute atomic E-state index is 11.7. The summed E-state index contributed by atoms with van der Waals surface area (Å²) in [6, 6.07) is 8.02. The molecule has 4 N–H and O–H groups in total. The zero-order valence-corrected chi connectivity index (χ0v) is 9.20. The van der Waals surface area contributed by atoms with E-state index in [1.807, 2.05) is 0 Å². The summed E-state index contributed by atoms with van der Waals surface area (Å²) in [4.78, 5) is 11.7. The van der Waals surface area contributed by atoms with Crippen molar-refractivity contribution in [2.45, 2.75) is 0 Å². The number of hydrogen-bond acceptors (Lipinski definition) is 5. The van der Waals surface area contributed by atoms with Crippen molar-refractivity contribution in [3.63, 3.8) is 0 Å². The average molecular weight is 246 g/mol. The van der Waals surface area contributed by atoms with E-state index in [1.165, 1.54) is 12.3 Å². The molecule has 7 nitrogen and oxygen atoms in total. The van der Waals surface area contributed by atoms with Crippen LogP contribution in [-0.2, 0) is 0 Å². The van der Waals surface area contributed by atoms with E-state index in [1.54, 1.807) is 24.3 Å². The topological polar surface area (TPSA) is 114 Å². The molecule has 2 rings (SSSR count). The standard InChI is InChI=1S/C11H10N4O3/c12-10(14-17)7-2-1-3-8(6-7)13-11(16)9-4-5-18-15-9/h1-6,17H,(H2,12,14)(H,13,16). The molecule has 0 aliphatic carbocycles. The third-order valence-corrected chi connectivity index (χ3v) is 2.19. The second-order valence-electron chi connectivity index (χ2n) is 3.40. The normalized spacial score (nSPS) is 11.2.